The molecule has 1 N–H and O–H groups in total. The molecular weight excluding hydrogens is 446 g/mol. The summed E-state index contributed by atoms with van der Waals surface area (Å²) in [5, 5.41) is 2.73. The molecule has 0 bridgehead atoms. The van der Waals surface area contributed by atoms with Gasteiger partial charge in [0.1, 0.15) is 12.6 Å². The Bertz CT molecular complexity index is 1090. The highest BCUT2D eigenvalue weighted by Gasteiger charge is 2.31. The molecule has 1 aliphatic heterocycles. The lowest BCUT2D eigenvalue weighted by atomic mass is 10.1. The highest BCUT2D eigenvalue weighted by Crippen LogP contribution is 2.36. The second-order valence-electron chi connectivity index (χ2n) is 7.52. The smallest absolute Gasteiger partial charge is 0.244 e. The van der Waals surface area contributed by atoms with Crippen molar-refractivity contribution < 1.29 is 27.5 Å². The lowest BCUT2D eigenvalue weighted by Gasteiger charge is -2.31. The first kappa shape index (κ1) is 24.4. The van der Waals surface area contributed by atoms with E-state index >= 15 is 0 Å². The van der Waals surface area contributed by atoms with Crippen molar-refractivity contribution in [3.63, 3.8) is 0 Å². The number of carbonyl (C=O) groups is 2. The summed E-state index contributed by atoms with van der Waals surface area (Å²) >= 11 is 0. The maximum absolute atomic E-state index is 13.5. The van der Waals surface area contributed by atoms with Gasteiger partial charge in [-0.3, -0.25) is 13.9 Å². The minimum absolute atomic E-state index is 0.0488. The van der Waals surface area contributed by atoms with Crippen LogP contribution in [0.4, 0.5) is 5.69 Å². The molecule has 2 amide bonds. The van der Waals surface area contributed by atoms with Crippen molar-refractivity contribution in [3.8, 4) is 11.5 Å². The number of benzene rings is 2. The predicted molar refractivity (Wildman–Crippen MR) is 125 cm³/mol. The summed E-state index contributed by atoms with van der Waals surface area (Å²) < 4.78 is 37.6. The Balaban J connectivity index is 1.92. The molecular formula is C23H29N3O6S. The average Bonchev–Trinajstić information content (AvgIpc) is 3.29. The van der Waals surface area contributed by atoms with Gasteiger partial charge >= 0.3 is 0 Å². The lowest BCUT2D eigenvalue weighted by molar-refractivity contribution is -0.139. The van der Waals surface area contributed by atoms with E-state index in [-0.39, 0.29) is 25.0 Å². The molecule has 1 heterocycles. The number of rotatable bonds is 10. The van der Waals surface area contributed by atoms with Crippen LogP contribution < -0.4 is 19.1 Å². The number of amides is 2. The fourth-order valence-corrected chi connectivity index (χ4v) is 4.50. The first-order chi connectivity index (χ1) is 15.8. The fraction of sp³-hybridized carbons (Fsp3) is 0.391. The third-order valence-electron chi connectivity index (χ3n) is 5.34. The third-order valence-corrected chi connectivity index (χ3v) is 7.08. The molecule has 0 saturated carbocycles. The van der Waals surface area contributed by atoms with E-state index in [1.54, 1.807) is 26.0 Å². The van der Waals surface area contributed by atoms with E-state index in [1.165, 1.54) is 17.9 Å². The van der Waals surface area contributed by atoms with Crippen LogP contribution in [0.1, 0.15) is 26.3 Å². The molecule has 1 unspecified atom stereocenters. The van der Waals surface area contributed by atoms with Crippen molar-refractivity contribution in [2.24, 2.45) is 0 Å². The van der Waals surface area contributed by atoms with Crippen LogP contribution >= 0.6 is 0 Å². The quantitative estimate of drug-likeness (QED) is 0.564. The molecule has 9 nitrogen and oxygen atoms in total. The standard InChI is InChI=1S/C23H29N3O6S/c1-4-24-23(28)17(3)25(14-18-9-7-6-8-10-18)22(27)15-26(33(29,30)5-2)19-11-12-20-21(13-19)32-16-31-20/h6-13,17H,4-5,14-16H2,1-3H3,(H,24,28). The van der Waals surface area contributed by atoms with E-state index in [9.17, 15) is 18.0 Å². The Kier molecular flexibility index (Phi) is 7.80. The highest BCUT2D eigenvalue weighted by atomic mass is 32.2. The van der Waals surface area contributed by atoms with Crippen LogP contribution in [0.25, 0.3) is 0 Å². The summed E-state index contributed by atoms with van der Waals surface area (Å²) in [5.41, 5.74) is 1.12. The molecule has 10 heteroatoms. The normalized spacial score (nSPS) is 13.3. The summed E-state index contributed by atoms with van der Waals surface area (Å²) in [4.78, 5) is 27.4. The molecule has 0 fully saturated rings. The molecule has 178 valence electrons. The van der Waals surface area contributed by atoms with Crippen molar-refractivity contribution >= 4 is 27.5 Å². The summed E-state index contributed by atoms with van der Waals surface area (Å²) in [7, 11) is -3.80. The van der Waals surface area contributed by atoms with Crippen molar-refractivity contribution in [2.75, 3.05) is 29.9 Å². The zero-order valence-electron chi connectivity index (χ0n) is 19.0. The predicted octanol–water partition coefficient (Wildman–Crippen LogP) is 2.12. The van der Waals surface area contributed by atoms with Crippen LogP contribution in [0.3, 0.4) is 0 Å². The van der Waals surface area contributed by atoms with Gasteiger partial charge in [0.25, 0.3) is 0 Å². The van der Waals surface area contributed by atoms with Gasteiger partial charge in [-0.2, -0.15) is 0 Å². The van der Waals surface area contributed by atoms with E-state index in [4.69, 9.17) is 9.47 Å². The zero-order chi connectivity index (χ0) is 24.0. The van der Waals surface area contributed by atoms with Gasteiger partial charge in [0.15, 0.2) is 11.5 Å². The Hall–Kier alpha value is -3.27. The largest absolute Gasteiger partial charge is 0.454 e. The SMILES string of the molecule is CCNC(=O)C(C)N(Cc1ccccc1)C(=O)CN(c1ccc2c(c1)OCO2)S(=O)(=O)CC. The minimum atomic E-state index is -3.80. The minimum Gasteiger partial charge on any atom is -0.454 e. The molecule has 2 aromatic rings. The van der Waals surface area contributed by atoms with Gasteiger partial charge in [-0.15, -0.1) is 0 Å². The first-order valence-corrected chi connectivity index (χ1v) is 12.4. The third kappa shape index (κ3) is 5.75. The number of carbonyl (C=O) groups excluding carboxylic acids is 2. The molecule has 0 aromatic heterocycles. The second-order valence-corrected chi connectivity index (χ2v) is 9.70. The Morgan fingerprint density at radius 2 is 1.76 bits per heavy atom. The number of hydrogen-bond donors (Lipinski definition) is 1. The number of ether oxygens (including phenoxy) is 2. The van der Waals surface area contributed by atoms with Gasteiger partial charge in [-0.05, 0) is 38.5 Å². The first-order valence-electron chi connectivity index (χ1n) is 10.8. The molecule has 0 aliphatic carbocycles. The van der Waals surface area contributed by atoms with Crippen LogP contribution in [-0.4, -0.2) is 56.8 Å². The van der Waals surface area contributed by atoms with E-state index in [0.717, 1.165) is 9.87 Å². The monoisotopic (exact) mass is 475 g/mol. The number of nitrogens with one attached hydrogen (secondary N) is 1. The second kappa shape index (κ2) is 10.6. The summed E-state index contributed by atoms with van der Waals surface area (Å²) in [5.74, 6) is -0.0798. The number of sulfonamides is 1. The van der Waals surface area contributed by atoms with Gasteiger partial charge in [-0.25, -0.2) is 8.42 Å². The van der Waals surface area contributed by atoms with E-state index in [0.29, 0.717) is 23.7 Å². The van der Waals surface area contributed by atoms with Crippen molar-refractivity contribution in [1.29, 1.82) is 0 Å². The molecule has 0 spiro atoms. The van der Waals surface area contributed by atoms with Crippen LogP contribution in [0.15, 0.2) is 48.5 Å². The van der Waals surface area contributed by atoms with E-state index in [2.05, 4.69) is 5.32 Å². The Morgan fingerprint density at radius 3 is 2.42 bits per heavy atom. The van der Waals surface area contributed by atoms with Crippen molar-refractivity contribution in [3.05, 3.63) is 54.1 Å². The molecule has 0 saturated heterocycles. The van der Waals surface area contributed by atoms with Gasteiger partial charge in [0.2, 0.25) is 28.6 Å². The van der Waals surface area contributed by atoms with Gasteiger partial charge in [0, 0.05) is 19.2 Å². The molecule has 1 aliphatic rings. The van der Waals surface area contributed by atoms with E-state index in [1.807, 2.05) is 30.3 Å². The van der Waals surface area contributed by atoms with Gasteiger partial charge in [0.05, 0.1) is 11.4 Å². The Labute approximate surface area is 194 Å². The molecule has 2 aromatic carbocycles. The number of nitrogens with zero attached hydrogens (tertiary/aromatic N) is 2. The van der Waals surface area contributed by atoms with Crippen LogP contribution in [-0.2, 0) is 26.2 Å². The Morgan fingerprint density at radius 1 is 1.06 bits per heavy atom. The van der Waals surface area contributed by atoms with Gasteiger partial charge < -0.3 is 19.7 Å². The van der Waals surface area contributed by atoms with Crippen molar-refractivity contribution in [2.45, 2.75) is 33.4 Å². The number of likely N-dealkylation sites (N-methyl/N-ethyl adjacent to an activating group) is 1. The van der Waals surface area contributed by atoms with E-state index < -0.39 is 28.5 Å². The van der Waals surface area contributed by atoms with Gasteiger partial charge in [-0.1, -0.05) is 30.3 Å². The van der Waals surface area contributed by atoms with Crippen LogP contribution in [0.5, 0.6) is 11.5 Å². The average molecular weight is 476 g/mol. The molecule has 3 rings (SSSR count). The maximum Gasteiger partial charge on any atom is 0.244 e. The van der Waals surface area contributed by atoms with Crippen LogP contribution in [0.2, 0.25) is 0 Å². The summed E-state index contributed by atoms with van der Waals surface area (Å²) in [6, 6.07) is 13.2. The summed E-state index contributed by atoms with van der Waals surface area (Å²) in [6.45, 7) is 5.12. The number of fused-ring (bicyclic) bond motifs is 1. The summed E-state index contributed by atoms with van der Waals surface area (Å²) in [6.07, 6.45) is 0. The number of anilines is 1. The van der Waals surface area contributed by atoms with Crippen LogP contribution in [0, 0.1) is 0 Å². The maximum atomic E-state index is 13.5. The fourth-order valence-electron chi connectivity index (χ4n) is 3.44. The highest BCUT2D eigenvalue weighted by molar-refractivity contribution is 7.92. The number of hydrogen-bond acceptors (Lipinski definition) is 6. The lowest BCUT2D eigenvalue weighted by Crippen LogP contribution is -2.51. The topological polar surface area (TPSA) is 105 Å². The zero-order valence-corrected chi connectivity index (χ0v) is 19.8. The van der Waals surface area contributed by atoms with Crippen molar-refractivity contribution in [1.82, 2.24) is 10.2 Å². The molecule has 33 heavy (non-hydrogen) atoms. The molecule has 0 radical (unpaired) electrons. The molecule has 1 atom stereocenters.